The summed E-state index contributed by atoms with van der Waals surface area (Å²) in [5.41, 5.74) is 2.85. The van der Waals surface area contributed by atoms with Crippen LogP contribution < -0.4 is 10.1 Å². The van der Waals surface area contributed by atoms with Crippen LogP contribution in [0.4, 0.5) is 0 Å². The molecule has 1 aromatic rings. The van der Waals surface area contributed by atoms with Crippen LogP contribution in [-0.4, -0.2) is 20.2 Å². The van der Waals surface area contributed by atoms with Crippen LogP contribution >= 0.6 is 0 Å². The van der Waals surface area contributed by atoms with E-state index in [4.69, 9.17) is 4.74 Å². The maximum atomic E-state index is 5.43. The lowest BCUT2D eigenvalue weighted by Crippen LogP contribution is -2.11. The summed E-state index contributed by atoms with van der Waals surface area (Å²) in [7, 11) is 1.76. The predicted octanol–water partition coefficient (Wildman–Crippen LogP) is 2.41. The molecule has 0 bridgehead atoms. The zero-order valence-electron chi connectivity index (χ0n) is 10.3. The SMILES string of the molecule is CCc1c(CC2CCNC2)cccc1OC. The Balaban J connectivity index is 2.18. The molecule has 0 aliphatic carbocycles. The number of hydrogen-bond acceptors (Lipinski definition) is 2. The molecule has 2 rings (SSSR count). The zero-order valence-corrected chi connectivity index (χ0v) is 10.3. The van der Waals surface area contributed by atoms with Gasteiger partial charge in [-0.3, -0.25) is 0 Å². The van der Waals surface area contributed by atoms with Gasteiger partial charge in [-0.1, -0.05) is 19.1 Å². The third kappa shape index (κ3) is 2.38. The van der Waals surface area contributed by atoms with Gasteiger partial charge in [0.05, 0.1) is 7.11 Å². The number of ether oxygens (including phenoxy) is 1. The number of hydrogen-bond donors (Lipinski definition) is 1. The highest BCUT2D eigenvalue weighted by Crippen LogP contribution is 2.26. The summed E-state index contributed by atoms with van der Waals surface area (Å²) in [5, 5.41) is 3.43. The molecular formula is C14H21NO. The highest BCUT2D eigenvalue weighted by atomic mass is 16.5. The fourth-order valence-electron chi connectivity index (χ4n) is 2.59. The second-order valence-electron chi connectivity index (χ2n) is 4.51. The van der Waals surface area contributed by atoms with Crippen LogP contribution in [0.3, 0.4) is 0 Å². The van der Waals surface area contributed by atoms with E-state index in [1.54, 1.807) is 7.11 Å². The first-order valence-electron chi connectivity index (χ1n) is 6.20. The van der Waals surface area contributed by atoms with E-state index >= 15 is 0 Å². The summed E-state index contributed by atoms with van der Waals surface area (Å²) in [6.07, 6.45) is 3.55. The molecule has 1 fully saturated rings. The number of methoxy groups -OCH3 is 1. The predicted molar refractivity (Wildman–Crippen MR) is 67.1 cm³/mol. The van der Waals surface area contributed by atoms with Gasteiger partial charge >= 0.3 is 0 Å². The van der Waals surface area contributed by atoms with Gasteiger partial charge in [-0.25, -0.2) is 0 Å². The molecule has 1 N–H and O–H groups in total. The molecule has 1 aromatic carbocycles. The fourth-order valence-corrected chi connectivity index (χ4v) is 2.59. The van der Waals surface area contributed by atoms with Crippen molar-refractivity contribution in [3.63, 3.8) is 0 Å². The molecule has 1 atom stereocenters. The quantitative estimate of drug-likeness (QED) is 0.839. The van der Waals surface area contributed by atoms with E-state index < -0.39 is 0 Å². The van der Waals surface area contributed by atoms with E-state index in [2.05, 4.69) is 30.4 Å². The third-order valence-electron chi connectivity index (χ3n) is 3.47. The van der Waals surface area contributed by atoms with Gasteiger partial charge in [0.2, 0.25) is 0 Å². The smallest absolute Gasteiger partial charge is 0.122 e. The van der Waals surface area contributed by atoms with E-state index in [0.29, 0.717) is 0 Å². The highest BCUT2D eigenvalue weighted by Gasteiger charge is 2.17. The van der Waals surface area contributed by atoms with Gasteiger partial charge in [0, 0.05) is 0 Å². The first-order valence-corrected chi connectivity index (χ1v) is 6.20. The van der Waals surface area contributed by atoms with Crippen molar-refractivity contribution in [2.45, 2.75) is 26.2 Å². The van der Waals surface area contributed by atoms with Crippen LogP contribution in [0.1, 0.15) is 24.5 Å². The molecule has 2 heteroatoms. The van der Waals surface area contributed by atoms with E-state index in [0.717, 1.165) is 18.1 Å². The summed E-state index contributed by atoms with van der Waals surface area (Å²) < 4.78 is 5.43. The number of rotatable bonds is 4. The van der Waals surface area contributed by atoms with Gasteiger partial charge in [-0.2, -0.15) is 0 Å². The Bertz CT molecular complexity index is 343. The van der Waals surface area contributed by atoms with Gasteiger partial charge in [0.1, 0.15) is 5.75 Å². The van der Waals surface area contributed by atoms with Crippen molar-refractivity contribution in [3.05, 3.63) is 29.3 Å². The molecular weight excluding hydrogens is 198 g/mol. The largest absolute Gasteiger partial charge is 0.496 e. The minimum Gasteiger partial charge on any atom is -0.496 e. The highest BCUT2D eigenvalue weighted by molar-refractivity contribution is 5.40. The van der Waals surface area contributed by atoms with Crippen LogP contribution in [0.15, 0.2) is 18.2 Å². The van der Waals surface area contributed by atoms with Crippen LogP contribution in [-0.2, 0) is 12.8 Å². The van der Waals surface area contributed by atoms with Gasteiger partial charge < -0.3 is 10.1 Å². The maximum absolute atomic E-state index is 5.43. The Labute approximate surface area is 98.0 Å². The standard InChI is InChI=1S/C14H21NO/c1-3-13-12(5-4-6-14(13)16-2)9-11-7-8-15-10-11/h4-6,11,15H,3,7-10H2,1-2H3. The minimum absolute atomic E-state index is 0.803. The van der Waals surface area contributed by atoms with E-state index in [1.165, 1.54) is 37.1 Å². The second kappa shape index (κ2) is 5.35. The van der Waals surface area contributed by atoms with Crippen molar-refractivity contribution in [2.24, 2.45) is 5.92 Å². The Hall–Kier alpha value is -1.02. The molecule has 0 radical (unpaired) electrons. The fraction of sp³-hybridized carbons (Fsp3) is 0.571. The number of nitrogens with one attached hydrogen (secondary N) is 1. The lowest BCUT2D eigenvalue weighted by atomic mass is 9.93. The van der Waals surface area contributed by atoms with Crippen molar-refractivity contribution in [2.75, 3.05) is 20.2 Å². The van der Waals surface area contributed by atoms with Crippen molar-refractivity contribution in [3.8, 4) is 5.75 Å². The van der Waals surface area contributed by atoms with Gasteiger partial charge in [-0.15, -0.1) is 0 Å². The van der Waals surface area contributed by atoms with Crippen molar-refractivity contribution < 1.29 is 4.74 Å². The molecule has 16 heavy (non-hydrogen) atoms. The Morgan fingerprint density at radius 2 is 2.31 bits per heavy atom. The van der Waals surface area contributed by atoms with Crippen LogP contribution in [0.25, 0.3) is 0 Å². The van der Waals surface area contributed by atoms with Gasteiger partial charge in [0.25, 0.3) is 0 Å². The molecule has 1 aliphatic rings. The molecule has 1 saturated heterocycles. The van der Waals surface area contributed by atoms with Crippen LogP contribution in [0.2, 0.25) is 0 Å². The summed E-state index contributed by atoms with van der Waals surface area (Å²) in [4.78, 5) is 0. The summed E-state index contributed by atoms with van der Waals surface area (Å²) in [6, 6.07) is 6.42. The van der Waals surface area contributed by atoms with Gasteiger partial charge in [0.15, 0.2) is 0 Å². The van der Waals surface area contributed by atoms with Crippen LogP contribution in [0.5, 0.6) is 5.75 Å². The molecule has 0 aromatic heterocycles. The molecule has 0 saturated carbocycles. The molecule has 88 valence electrons. The summed E-state index contributed by atoms with van der Waals surface area (Å²) in [5.74, 6) is 1.85. The average molecular weight is 219 g/mol. The Morgan fingerprint density at radius 1 is 1.44 bits per heavy atom. The topological polar surface area (TPSA) is 21.3 Å². The second-order valence-corrected chi connectivity index (χ2v) is 4.51. The molecule has 0 amide bonds. The molecule has 1 unspecified atom stereocenters. The van der Waals surface area contributed by atoms with Crippen molar-refractivity contribution in [1.29, 1.82) is 0 Å². The van der Waals surface area contributed by atoms with E-state index in [1.807, 2.05) is 0 Å². The molecule has 1 heterocycles. The minimum atomic E-state index is 0.803. The van der Waals surface area contributed by atoms with Crippen LogP contribution in [0, 0.1) is 5.92 Å². The summed E-state index contributed by atoms with van der Waals surface area (Å²) in [6.45, 7) is 4.55. The van der Waals surface area contributed by atoms with E-state index in [9.17, 15) is 0 Å². The maximum Gasteiger partial charge on any atom is 0.122 e. The molecule has 2 nitrogen and oxygen atoms in total. The number of benzene rings is 1. The molecule has 0 spiro atoms. The summed E-state index contributed by atoms with van der Waals surface area (Å²) >= 11 is 0. The van der Waals surface area contributed by atoms with Crippen molar-refractivity contribution >= 4 is 0 Å². The zero-order chi connectivity index (χ0) is 11.4. The first-order chi connectivity index (χ1) is 7.85. The van der Waals surface area contributed by atoms with Crippen molar-refractivity contribution in [1.82, 2.24) is 5.32 Å². The molecule has 1 aliphatic heterocycles. The normalized spacial score (nSPS) is 20.0. The first kappa shape index (κ1) is 11.5. The average Bonchev–Trinajstić information content (AvgIpc) is 2.81. The monoisotopic (exact) mass is 219 g/mol. The van der Waals surface area contributed by atoms with Gasteiger partial charge in [-0.05, 0) is 55.5 Å². The van der Waals surface area contributed by atoms with E-state index in [-0.39, 0.29) is 0 Å². The Morgan fingerprint density at radius 3 is 2.94 bits per heavy atom. The Kier molecular flexibility index (Phi) is 3.83. The lowest BCUT2D eigenvalue weighted by Gasteiger charge is -2.15. The third-order valence-corrected chi connectivity index (χ3v) is 3.47. The lowest BCUT2D eigenvalue weighted by molar-refractivity contribution is 0.408.